The van der Waals surface area contributed by atoms with E-state index in [1.54, 1.807) is 18.3 Å². The fourth-order valence-corrected chi connectivity index (χ4v) is 4.24. The van der Waals surface area contributed by atoms with E-state index in [1.165, 1.54) is 11.3 Å². The number of carbonyl (C=O) groups is 2. The van der Waals surface area contributed by atoms with E-state index >= 15 is 0 Å². The van der Waals surface area contributed by atoms with Crippen LogP contribution in [0.15, 0.2) is 23.1 Å². The molecule has 1 amide bonds. The van der Waals surface area contributed by atoms with Crippen LogP contribution < -0.4 is 22.3 Å². The highest BCUT2D eigenvalue weighted by Gasteiger charge is 2.23. The van der Waals surface area contributed by atoms with Crippen LogP contribution in [0.25, 0.3) is 11.0 Å². The summed E-state index contributed by atoms with van der Waals surface area (Å²) >= 11 is 1.25. The number of carboxylic acid groups (broad SMARTS) is 1. The van der Waals surface area contributed by atoms with Crippen molar-refractivity contribution in [2.75, 3.05) is 12.3 Å². The van der Waals surface area contributed by atoms with Gasteiger partial charge in [-0.25, -0.2) is 4.79 Å². The third-order valence-electron chi connectivity index (χ3n) is 4.88. The molecule has 8 N–H and O–H groups in total. The van der Waals surface area contributed by atoms with Gasteiger partial charge in [0.25, 0.3) is 11.5 Å². The Morgan fingerprint density at radius 1 is 1.33 bits per heavy atom. The number of aromatic nitrogens is 3. The number of nitrogens with zero attached hydrogens (tertiary/aromatic N) is 1. The average molecular weight is 433 g/mol. The molecule has 0 saturated heterocycles. The van der Waals surface area contributed by atoms with Gasteiger partial charge in [0.05, 0.1) is 10.3 Å². The first-order valence-electron chi connectivity index (χ1n) is 9.52. The number of H-pyrrole nitrogens is 2. The summed E-state index contributed by atoms with van der Waals surface area (Å²) in [7, 11) is 0. The van der Waals surface area contributed by atoms with Gasteiger partial charge in [-0.1, -0.05) is 6.92 Å². The van der Waals surface area contributed by atoms with E-state index in [0.29, 0.717) is 41.7 Å². The molecule has 2 atom stereocenters. The van der Waals surface area contributed by atoms with Gasteiger partial charge < -0.3 is 26.9 Å². The normalized spacial score (nSPS) is 13.3. The summed E-state index contributed by atoms with van der Waals surface area (Å²) in [6.45, 7) is 2.39. The number of unbranched alkanes of at least 4 members (excludes halogenated alkanes) is 1. The van der Waals surface area contributed by atoms with E-state index < -0.39 is 17.9 Å². The predicted octanol–water partition coefficient (Wildman–Crippen LogP) is 1.36. The molecule has 3 rings (SSSR count). The number of nitrogens with two attached hydrogens (primary N) is 2. The zero-order chi connectivity index (χ0) is 21.8. The maximum Gasteiger partial charge on any atom is 0.326 e. The summed E-state index contributed by atoms with van der Waals surface area (Å²) in [4.78, 5) is 47.1. The van der Waals surface area contributed by atoms with Crippen LogP contribution in [-0.2, 0) is 4.79 Å². The van der Waals surface area contributed by atoms with Crippen molar-refractivity contribution >= 4 is 40.2 Å². The number of aromatic amines is 2. The van der Waals surface area contributed by atoms with E-state index in [2.05, 4.69) is 20.3 Å². The second-order valence-electron chi connectivity index (χ2n) is 6.99. The van der Waals surface area contributed by atoms with E-state index in [9.17, 15) is 19.5 Å². The molecule has 0 aliphatic heterocycles. The number of hydrogen-bond donors (Lipinski definition) is 6. The number of anilines is 1. The standard InChI is InChI=1S/C19H24N6O4S/c1-9(10-8-22-15-14(10)17(27)25-19(21)24-15)12-5-6-13(30-12)16(26)23-11(18(28)29)4-2-3-7-20/h5-6,8-9,11H,2-4,7,20H2,1H3,(H,23,26)(H,28,29)(H4,21,22,24,25,27)/t9?,11-/m0/s1. The number of hydrogen-bond acceptors (Lipinski definition) is 7. The predicted molar refractivity (Wildman–Crippen MR) is 115 cm³/mol. The first-order valence-corrected chi connectivity index (χ1v) is 10.3. The van der Waals surface area contributed by atoms with E-state index in [4.69, 9.17) is 11.5 Å². The molecule has 0 aliphatic rings. The van der Waals surface area contributed by atoms with Crippen molar-refractivity contribution in [2.45, 2.75) is 38.1 Å². The van der Waals surface area contributed by atoms with Crippen molar-refractivity contribution in [3.63, 3.8) is 0 Å². The SMILES string of the molecule is CC(c1ccc(C(=O)N[C@@H](CCCCN)C(=O)O)s1)c1c[nH]c2nc(N)[nH]c(=O)c12. The number of nitrogens with one attached hydrogen (secondary N) is 3. The molecule has 1 unspecified atom stereocenters. The van der Waals surface area contributed by atoms with Gasteiger partial charge in [0, 0.05) is 17.0 Å². The maximum atomic E-state index is 12.5. The molecule has 0 spiro atoms. The molecule has 3 aromatic rings. The molecular formula is C19H24N6O4S. The third-order valence-corrected chi connectivity index (χ3v) is 6.15. The van der Waals surface area contributed by atoms with Gasteiger partial charge >= 0.3 is 5.97 Å². The molecule has 0 saturated carbocycles. The molecule has 3 heterocycles. The minimum absolute atomic E-state index is 0.0306. The maximum absolute atomic E-state index is 12.5. The Kier molecular flexibility index (Phi) is 6.53. The molecule has 10 nitrogen and oxygen atoms in total. The molecule has 0 aromatic carbocycles. The lowest BCUT2D eigenvalue weighted by atomic mass is 10.0. The van der Waals surface area contributed by atoms with Crippen LogP contribution in [0.2, 0.25) is 0 Å². The lowest BCUT2D eigenvalue weighted by Crippen LogP contribution is -2.40. The molecule has 30 heavy (non-hydrogen) atoms. The smallest absolute Gasteiger partial charge is 0.326 e. The van der Waals surface area contributed by atoms with Gasteiger partial charge in [-0.15, -0.1) is 11.3 Å². The number of carboxylic acids is 1. The monoisotopic (exact) mass is 432 g/mol. The van der Waals surface area contributed by atoms with Gasteiger partial charge in [0.15, 0.2) is 0 Å². The summed E-state index contributed by atoms with van der Waals surface area (Å²) < 4.78 is 0. The van der Waals surface area contributed by atoms with E-state index in [-0.39, 0.29) is 17.4 Å². The summed E-state index contributed by atoms with van der Waals surface area (Å²) in [6.07, 6.45) is 3.34. The first-order chi connectivity index (χ1) is 14.3. The number of amides is 1. The van der Waals surface area contributed by atoms with Gasteiger partial charge in [0.1, 0.15) is 11.7 Å². The molecule has 0 radical (unpaired) electrons. The minimum atomic E-state index is -1.07. The van der Waals surface area contributed by atoms with Crippen LogP contribution in [0.4, 0.5) is 5.95 Å². The number of nitrogen functional groups attached to an aromatic ring is 1. The van der Waals surface area contributed by atoms with Crippen molar-refractivity contribution in [1.82, 2.24) is 20.3 Å². The third kappa shape index (κ3) is 4.52. The fraction of sp³-hybridized carbons (Fsp3) is 0.368. The zero-order valence-electron chi connectivity index (χ0n) is 16.4. The summed E-state index contributed by atoms with van der Waals surface area (Å²) in [5, 5.41) is 12.3. The molecule has 0 aliphatic carbocycles. The second-order valence-corrected chi connectivity index (χ2v) is 8.11. The van der Waals surface area contributed by atoms with Crippen molar-refractivity contribution in [2.24, 2.45) is 5.73 Å². The van der Waals surface area contributed by atoms with Gasteiger partial charge in [0.2, 0.25) is 5.95 Å². The largest absolute Gasteiger partial charge is 0.480 e. The van der Waals surface area contributed by atoms with Gasteiger partial charge in [-0.05, 0) is 43.5 Å². The topological polar surface area (TPSA) is 180 Å². The van der Waals surface area contributed by atoms with Crippen molar-refractivity contribution < 1.29 is 14.7 Å². The molecule has 3 aromatic heterocycles. The Morgan fingerprint density at radius 3 is 2.80 bits per heavy atom. The van der Waals surface area contributed by atoms with Crippen molar-refractivity contribution in [1.29, 1.82) is 0 Å². The molecular weight excluding hydrogens is 408 g/mol. The van der Waals surface area contributed by atoms with Crippen molar-refractivity contribution in [3.05, 3.63) is 44.0 Å². The van der Waals surface area contributed by atoms with Gasteiger partial charge in [-0.3, -0.25) is 14.6 Å². The Hall–Kier alpha value is -3.18. The number of carbonyl (C=O) groups excluding carboxylic acids is 1. The lowest BCUT2D eigenvalue weighted by molar-refractivity contribution is -0.139. The van der Waals surface area contributed by atoms with Crippen LogP contribution in [0.3, 0.4) is 0 Å². The average Bonchev–Trinajstić information content (AvgIpc) is 3.34. The molecule has 11 heteroatoms. The lowest BCUT2D eigenvalue weighted by Gasteiger charge is -2.13. The number of aliphatic carboxylic acids is 1. The fourth-order valence-electron chi connectivity index (χ4n) is 3.26. The summed E-state index contributed by atoms with van der Waals surface area (Å²) in [5.41, 5.74) is 11.8. The molecule has 160 valence electrons. The highest BCUT2D eigenvalue weighted by atomic mass is 32.1. The van der Waals surface area contributed by atoms with Crippen LogP contribution in [0, 0.1) is 0 Å². The van der Waals surface area contributed by atoms with Crippen LogP contribution in [0.1, 0.15) is 52.2 Å². The van der Waals surface area contributed by atoms with Crippen LogP contribution in [-0.4, -0.2) is 44.5 Å². The second kappa shape index (κ2) is 9.09. The first kappa shape index (κ1) is 21.5. The Labute approximate surface area is 175 Å². The Bertz CT molecular complexity index is 1120. The van der Waals surface area contributed by atoms with Crippen LogP contribution in [0.5, 0.6) is 0 Å². The Balaban J connectivity index is 1.78. The zero-order valence-corrected chi connectivity index (χ0v) is 17.2. The number of thiophene rings is 1. The quantitative estimate of drug-likeness (QED) is 0.276. The molecule has 0 bridgehead atoms. The minimum Gasteiger partial charge on any atom is -0.480 e. The highest BCUT2D eigenvalue weighted by molar-refractivity contribution is 7.14. The van der Waals surface area contributed by atoms with E-state index in [1.807, 2.05) is 6.92 Å². The summed E-state index contributed by atoms with van der Waals surface area (Å²) in [6, 6.07) is 2.49. The summed E-state index contributed by atoms with van der Waals surface area (Å²) in [5.74, 6) is -1.67. The number of fused-ring (bicyclic) bond motifs is 1. The van der Waals surface area contributed by atoms with E-state index in [0.717, 1.165) is 10.4 Å². The molecule has 0 fully saturated rings. The number of rotatable bonds is 9. The van der Waals surface area contributed by atoms with Crippen LogP contribution >= 0.6 is 11.3 Å². The highest BCUT2D eigenvalue weighted by Crippen LogP contribution is 2.32. The van der Waals surface area contributed by atoms with Crippen molar-refractivity contribution in [3.8, 4) is 0 Å². The Morgan fingerprint density at radius 2 is 2.10 bits per heavy atom. The van der Waals surface area contributed by atoms with Gasteiger partial charge in [-0.2, -0.15) is 4.98 Å².